The molecule has 1 aliphatic carbocycles. The van der Waals surface area contributed by atoms with Gasteiger partial charge in [0.05, 0.1) is 6.54 Å². The van der Waals surface area contributed by atoms with Crippen LogP contribution in [0.3, 0.4) is 0 Å². The highest BCUT2D eigenvalue weighted by atomic mass is 32.1. The van der Waals surface area contributed by atoms with E-state index in [0.29, 0.717) is 17.0 Å². The zero-order valence-electron chi connectivity index (χ0n) is 12.7. The predicted octanol–water partition coefficient (Wildman–Crippen LogP) is 3.41. The molecule has 0 bridgehead atoms. The molecule has 0 unspecified atom stereocenters. The second-order valence-electron chi connectivity index (χ2n) is 5.65. The van der Waals surface area contributed by atoms with Crippen LogP contribution >= 0.6 is 11.3 Å². The van der Waals surface area contributed by atoms with Gasteiger partial charge in [-0.3, -0.25) is 4.99 Å². The second-order valence-corrected chi connectivity index (χ2v) is 6.59. The lowest BCUT2D eigenvalue weighted by atomic mass is 9.87. The van der Waals surface area contributed by atoms with Crippen LogP contribution in [0.5, 0.6) is 0 Å². The molecule has 22 heavy (non-hydrogen) atoms. The first kappa shape index (κ1) is 17.1. The van der Waals surface area contributed by atoms with Crippen molar-refractivity contribution in [2.24, 2.45) is 10.9 Å². The Bertz CT molecular complexity index is 504. The van der Waals surface area contributed by atoms with Gasteiger partial charge in [-0.1, -0.05) is 6.92 Å². The first-order valence-electron chi connectivity index (χ1n) is 7.37. The van der Waals surface area contributed by atoms with Crippen molar-refractivity contribution in [2.75, 3.05) is 7.05 Å². The Kier molecular flexibility index (Phi) is 5.66. The van der Waals surface area contributed by atoms with E-state index in [4.69, 9.17) is 0 Å². The molecule has 1 fully saturated rings. The number of hydrogen-bond donors (Lipinski definition) is 2. The van der Waals surface area contributed by atoms with E-state index in [9.17, 15) is 13.2 Å². The molecule has 2 rings (SSSR count). The van der Waals surface area contributed by atoms with Crippen molar-refractivity contribution in [3.05, 3.63) is 16.1 Å². The van der Waals surface area contributed by atoms with Crippen molar-refractivity contribution in [2.45, 2.75) is 51.4 Å². The SMILES string of the molecule is CN=C(NCc1nc(C(F)(F)F)cs1)NC1CCC(C)CC1. The lowest BCUT2D eigenvalue weighted by Crippen LogP contribution is -2.44. The average molecular weight is 334 g/mol. The van der Waals surface area contributed by atoms with Crippen LogP contribution in [0.4, 0.5) is 13.2 Å². The quantitative estimate of drug-likeness (QED) is 0.658. The third-order valence-electron chi connectivity index (χ3n) is 3.83. The van der Waals surface area contributed by atoms with Crippen LogP contribution in [-0.2, 0) is 12.7 Å². The maximum absolute atomic E-state index is 12.5. The number of rotatable bonds is 3. The zero-order valence-corrected chi connectivity index (χ0v) is 13.5. The number of alkyl halides is 3. The number of halogens is 3. The number of aromatic nitrogens is 1. The highest BCUT2D eigenvalue weighted by molar-refractivity contribution is 7.09. The summed E-state index contributed by atoms with van der Waals surface area (Å²) in [5.41, 5.74) is -0.835. The Morgan fingerprint density at radius 2 is 2.05 bits per heavy atom. The molecule has 8 heteroatoms. The fraction of sp³-hybridized carbons (Fsp3) is 0.714. The molecule has 1 aromatic heterocycles. The highest BCUT2D eigenvalue weighted by Gasteiger charge is 2.33. The number of hydrogen-bond acceptors (Lipinski definition) is 3. The van der Waals surface area contributed by atoms with Gasteiger partial charge in [0.1, 0.15) is 5.01 Å². The van der Waals surface area contributed by atoms with Gasteiger partial charge in [0, 0.05) is 18.5 Å². The van der Waals surface area contributed by atoms with Gasteiger partial charge in [0.25, 0.3) is 0 Å². The molecule has 0 aromatic carbocycles. The first-order chi connectivity index (χ1) is 10.4. The molecular formula is C14H21F3N4S. The molecule has 0 radical (unpaired) electrons. The molecule has 0 spiro atoms. The summed E-state index contributed by atoms with van der Waals surface area (Å²) in [4.78, 5) is 7.71. The van der Waals surface area contributed by atoms with E-state index >= 15 is 0 Å². The smallest absolute Gasteiger partial charge is 0.354 e. The van der Waals surface area contributed by atoms with Gasteiger partial charge in [0.2, 0.25) is 0 Å². The number of guanidine groups is 1. The first-order valence-corrected chi connectivity index (χ1v) is 8.25. The maximum Gasteiger partial charge on any atom is 0.434 e. The average Bonchev–Trinajstić information content (AvgIpc) is 2.94. The molecule has 0 aliphatic heterocycles. The highest BCUT2D eigenvalue weighted by Crippen LogP contribution is 2.30. The van der Waals surface area contributed by atoms with E-state index < -0.39 is 11.9 Å². The van der Waals surface area contributed by atoms with Crippen LogP contribution in [-0.4, -0.2) is 24.0 Å². The molecule has 1 heterocycles. The van der Waals surface area contributed by atoms with Crippen LogP contribution in [0.1, 0.15) is 43.3 Å². The Morgan fingerprint density at radius 1 is 1.36 bits per heavy atom. The molecule has 4 nitrogen and oxygen atoms in total. The summed E-state index contributed by atoms with van der Waals surface area (Å²) >= 11 is 0.999. The van der Waals surface area contributed by atoms with Crippen LogP contribution in [0.2, 0.25) is 0 Å². The van der Waals surface area contributed by atoms with E-state index in [1.807, 2.05) is 0 Å². The summed E-state index contributed by atoms with van der Waals surface area (Å²) in [7, 11) is 1.66. The van der Waals surface area contributed by atoms with E-state index in [-0.39, 0.29) is 6.54 Å². The number of nitrogens with one attached hydrogen (secondary N) is 2. The Morgan fingerprint density at radius 3 is 2.59 bits per heavy atom. The van der Waals surface area contributed by atoms with Crippen molar-refractivity contribution < 1.29 is 13.2 Å². The Hall–Kier alpha value is -1.31. The molecule has 1 aromatic rings. The third-order valence-corrected chi connectivity index (χ3v) is 4.68. The fourth-order valence-electron chi connectivity index (χ4n) is 2.47. The van der Waals surface area contributed by atoms with E-state index in [1.165, 1.54) is 12.8 Å². The summed E-state index contributed by atoms with van der Waals surface area (Å²) in [5, 5.41) is 7.79. The zero-order chi connectivity index (χ0) is 16.2. The Balaban J connectivity index is 1.82. The molecule has 0 atom stereocenters. The van der Waals surface area contributed by atoms with Gasteiger partial charge >= 0.3 is 6.18 Å². The lowest BCUT2D eigenvalue weighted by molar-refractivity contribution is -0.140. The molecule has 0 saturated heterocycles. The molecule has 124 valence electrons. The topological polar surface area (TPSA) is 49.3 Å². The minimum Gasteiger partial charge on any atom is -0.354 e. The van der Waals surface area contributed by atoms with E-state index in [1.54, 1.807) is 7.05 Å². The van der Waals surface area contributed by atoms with Crippen LogP contribution in [0.25, 0.3) is 0 Å². The molecule has 1 aliphatic rings. The normalized spacial score (nSPS) is 23.4. The molecule has 1 saturated carbocycles. The Labute approximate surface area is 132 Å². The molecule has 0 amide bonds. The minimum absolute atomic E-state index is 0.240. The van der Waals surface area contributed by atoms with Crippen LogP contribution < -0.4 is 10.6 Å². The van der Waals surface area contributed by atoms with Crippen LogP contribution in [0, 0.1) is 5.92 Å². The lowest BCUT2D eigenvalue weighted by Gasteiger charge is -2.28. The monoisotopic (exact) mass is 334 g/mol. The minimum atomic E-state index is -4.38. The van der Waals surface area contributed by atoms with Crippen LogP contribution in [0.15, 0.2) is 10.4 Å². The van der Waals surface area contributed by atoms with Crippen molar-refractivity contribution in [3.63, 3.8) is 0 Å². The summed E-state index contributed by atoms with van der Waals surface area (Å²) in [6, 6.07) is 0.379. The number of nitrogens with zero attached hydrogens (tertiary/aromatic N) is 2. The fourth-order valence-corrected chi connectivity index (χ4v) is 3.21. The van der Waals surface area contributed by atoms with Crippen molar-refractivity contribution >= 4 is 17.3 Å². The van der Waals surface area contributed by atoms with Gasteiger partial charge in [0.15, 0.2) is 11.7 Å². The second kappa shape index (κ2) is 7.30. The van der Waals surface area contributed by atoms with Gasteiger partial charge in [-0.2, -0.15) is 13.2 Å². The number of thiazole rings is 1. The largest absolute Gasteiger partial charge is 0.434 e. The number of aliphatic imine (C=N–C) groups is 1. The molecular weight excluding hydrogens is 313 g/mol. The summed E-state index contributed by atoms with van der Waals surface area (Å²) < 4.78 is 37.5. The van der Waals surface area contributed by atoms with Gasteiger partial charge in [-0.15, -0.1) is 11.3 Å². The summed E-state index contributed by atoms with van der Waals surface area (Å²) in [5.74, 6) is 1.38. The maximum atomic E-state index is 12.5. The third kappa shape index (κ3) is 4.86. The standard InChI is InChI=1S/C14H21F3N4S/c1-9-3-5-10(6-4-9)20-13(18-2)19-7-12-21-11(8-22-12)14(15,16)17/h8-10H,3-7H2,1-2H3,(H2,18,19,20). The summed E-state index contributed by atoms with van der Waals surface area (Å²) in [6.07, 6.45) is 0.189. The van der Waals surface area contributed by atoms with E-state index in [2.05, 4.69) is 27.5 Å². The van der Waals surface area contributed by atoms with Gasteiger partial charge in [-0.05, 0) is 31.6 Å². The van der Waals surface area contributed by atoms with E-state index in [0.717, 1.165) is 35.5 Å². The van der Waals surface area contributed by atoms with Gasteiger partial charge in [-0.25, -0.2) is 4.98 Å². The van der Waals surface area contributed by atoms with Gasteiger partial charge < -0.3 is 10.6 Å². The predicted molar refractivity (Wildman–Crippen MR) is 81.9 cm³/mol. The van der Waals surface area contributed by atoms with Crippen molar-refractivity contribution in [3.8, 4) is 0 Å². The molecule has 2 N–H and O–H groups in total. The summed E-state index contributed by atoms with van der Waals surface area (Å²) in [6.45, 7) is 2.49. The van der Waals surface area contributed by atoms with Crippen molar-refractivity contribution in [1.29, 1.82) is 0 Å². The van der Waals surface area contributed by atoms with Crippen molar-refractivity contribution in [1.82, 2.24) is 15.6 Å².